The van der Waals surface area contributed by atoms with Crippen LogP contribution < -0.4 is 10.5 Å². The van der Waals surface area contributed by atoms with E-state index in [1.165, 1.54) is 5.56 Å². The summed E-state index contributed by atoms with van der Waals surface area (Å²) < 4.78 is 5.46. The van der Waals surface area contributed by atoms with Crippen molar-refractivity contribution in [3.8, 4) is 5.75 Å². The maximum Gasteiger partial charge on any atom is 0.119 e. The zero-order chi connectivity index (χ0) is 11.3. The van der Waals surface area contributed by atoms with Gasteiger partial charge in [-0.15, -0.1) is 0 Å². The Labute approximate surface area is 92.4 Å². The van der Waals surface area contributed by atoms with Gasteiger partial charge in [-0.05, 0) is 43.0 Å². The van der Waals surface area contributed by atoms with Crippen molar-refractivity contribution in [3.63, 3.8) is 0 Å². The molecule has 2 N–H and O–H groups in total. The predicted molar refractivity (Wildman–Crippen MR) is 64.2 cm³/mol. The van der Waals surface area contributed by atoms with Gasteiger partial charge in [0, 0.05) is 0 Å². The van der Waals surface area contributed by atoms with Crippen LogP contribution in [0.5, 0.6) is 5.75 Å². The molecule has 1 aromatic rings. The van der Waals surface area contributed by atoms with E-state index in [-0.39, 0.29) is 5.41 Å². The van der Waals surface area contributed by atoms with Gasteiger partial charge in [0.05, 0.1) is 6.61 Å². The van der Waals surface area contributed by atoms with Gasteiger partial charge in [0.15, 0.2) is 0 Å². The average Bonchev–Trinajstić information content (AvgIpc) is 2.18. The van der Waals surface area contributed by atoms with E-state index in [1.54, 1.807) is 0 Å². The standard InChI is InChI=1S/C13H21NO/c1-4-15-12-7-5-6-11(8-12)9-13(2,3)10-14/h5-8H,4,9-10,14H2,1-3H3. The Hall–Kier alpha value is -1.02. The first-order valence-corrected chi connectivity index (χ1v) is 5.49. The molecule has 15 heavy (non-hydrogen) atoms. The minimum Gasteiger partial charge on any atom is -0.494 e. The highest BCUT2D eigenvalue weighted by Gasteiger charge is 2.16. The second-order valence-corrected chi connectivity index (χ2v) is 4.63. The minimum absolute atomic E-state index is 0.158. The van der Waals surface area contributed by atoms with Crippen LogP contribution in [0.4, 0.5) is 0 Å². The molecule has 0 aromatic heterocycles. The monoisotopic (exact) mass is 207 g/mol. The molecule has 0 saturated heterocycles. The lowest BCUT2D eigenvalue weighted by atomic mass is 9.86. The lowest BCUT2D eigenvalue weighted by Crippen LogP contribution is -2.25. The Morgan fingerprint density at radius 1 is 1.33 bits per heavy atom. The van der Waals surface area contributed by atoms with Crippen LogP contribution in [-0.4, -0.2) is 13.2 Å². The van der Waals surface area contributed by atoms with Crippen LogP contribution in [-0.2, 0) is 6.42 Å². The van der Waals surface area contributed by atoms with Gasteiger partial charge in [-0.1, -0.05) is 26.0 Å². The average molecular weight is 207 g/mol. The molecule has 0 amide bonds. The first-order valence-electron chi connectivity index (χ1n) is 5.49. The second kappa shape index (κ2) is 5.17. The van der Waals surface area contributed by atoms with Gasteiger partial charge in [0.1, 0.15) is 5.75 Å². The van der Waals surface area contributed by atoms with Crippen LogP contribution in [0.2, 0.25) is 0 Å². The Balaban J connectivity index is 2.73. The number of hydrogen-bond acceptors (Lipinski definition) is 2. The number of nitrogens with two attached hydrogens (primary N) is 1. The minimum atomic E-state index is 0.158. The predicted octanol–water partition coefficient (Wildman–Crippen LogP) is 2.61. The molecule has 0 aliphatic carbocycles. The molecule has 0 fully saturated rings. The molecule has 0 bridgehead atoms. The summed E-state index contributed by atoms with van der Waals surface area (Å²) in [5.41, 5.74) is 7.17. The highest BCUT2D eigenvalue weighted by atomic mass is 16.5. The molecule has 0 radical (unpaired) electrons. The number of benzene rings is 1. The Kier molecular flexibility index (Phi) is 4.15. The Bertz CT molecular complexity index is 307. The van der Waals surface area contributed by atoms with Gasteiger partial charge in [-0.25, -0.2) is 0 Å². The fraction of sp³-hybridized carbons (Fsp3) is 0.538. The lowest BCUT2D eigenvalue weighted by Gasteiger charge is -2.22. The van der Waals surface area contributed by atoms with Gasteiger partial charge < -0.3 is 10.5 Å². The molecule has 0 saturated carbocycles. The quantitative estimate of drug-likeness (QED) is 0.805. The van der Waals surface area contributed by atoms with Crippen molar-refractivity contribution < 1.29 is 4.74 Å². The molecule has 2 heteroatoms. The maximum atomic E-state index is 5.72. The van der Waals surface area contributed by atoms with E-state index in [0.717, 1.165) is 12.2 Å². The molecule has 0 atom stereocenters. The van der Waals surface area contributed by atoms with Crippen LogP contribution in [0.1, 0.15) is 26.3 Å². The zero-order valence-electron chi connectivity index (χ0n) is 9.92. The second-order valence-electron chi connectivity index (χ2n) is 4.63. The molecular weight excluding hydrogens is 186 g/mol. The molecule has 84 valence electrons. The van der Waals surface area contributed by atoms with Crippen molar-refractivity contribution in [1.82, 2.24) is 0 Å². The van der Waals surface area contributed by atoms with E-state index in [0.29, 0.717) is 13.2 Å². The van der Waals surface area contributed by atoms with Crippen molar-refractivity contribution in [2.75, 3.05) is 13.2 Å². The van der Waals surface area contributed by atoms with Gasteiger partial charge in [-0.2, -0.15) is 0 Å². The first kappa shape index (κ1) is 12.1. The van der Waals surface area contributed by atoms with Crippen molar-refractivity contribution >= 4 is 0 Å². The Morgan fingerprint density at radius 2 is 2.07 bits per heavy atom. The molecule has 0 aliphatic rings. The van der Waals surface area contributed by atoms with Crippen molar-refractivity contribution in [2.45, 2.75) is 27.2 Å². The van der Waals surface area contributed by atoms with E-state index in [1.807, 2.05) is 19.1 Å². The van der Waals surface area contributed by atoms with Crippen LogP contribution >= 0.6 is 0 Å². The van der Waals surface area contributed by atoms with Gasteiger partial charge in [-0.3, -0.25) is 0 Å². The molecule has 0 unspecified atom stereocenters. The van der Waals surface area contributed by atoms with E-state index in [4.69, 9.17) is 10.5 Å². The van der Waals surface area contributed by atoms with Gasteiger partial charge >= 0.3 is 0 Å². The molecule has 2 nitrogen and oxygen atoms in total. The summed E-state index contributed by atoms with van der Waals surface area (Å²) in [5, 5.41) is 0. The number of ether oxygens (including phenoxy) is 1. The third kappa shape index (κ3) is 3.92. The summed E-state index contributed by atoms with van der Waals surface area (Å²) in [6.07, 6.45) is 0.990. The molecule has 0 spiro atoms. The molecular formula is C13H21NO. The fourth-order valence-electron chi connectivity index (χ4n) is 1.54. The third-order valence-electron chi connectivity index (χ3n) is 2.44. The van der Waals surface area contributed by atoms with E-state index in [2.05, 4.69) is 26.0 Å². The van der Waals surface area contributed by atoms with Crippen LogP contribution in [0, 0.1) is 5.41 Å². The highest BCUT2D eigenvalue weighted by molar-refractivity contribution is 5.29. The smallest absolute Gasteiger partial charge is 0.119 e. The SMILES string of the molecule is CCOc1cccc(CC(C)(C)CN)c1. The Morgan fingerprint density at radius 3 is 2.67 bits per heavy atom. The molecule has 0 aliphatic heterocycles. The summed E-state index contributed by atoms with van der Waals surface area (Å²) in [7, 11) is 0. The van der Waals surface area contributed by atoms with E-state index < -0.39 is 0 Å². The summed E-state index contributed by atoms with van der Waals surface area (Å²) in [5.74, 6) is 0.947. The summed E-state index contributed by atoms with van der Waals surface area (Å²) in [6, 6.07) is 8.25. The lowest BCUT2D eigenvalue weighted by molar-refractivity contribution is 0.338. The molecule has 1 aromatic carbocycles. The topological polar surface area (TPSA) is 35.2 Å². The van der Waals surface area contributed by atoms with Crippen molar-refractivity contribution in [1.29, 1.82) is 0 Å². The summed E-state index contributed by atoms with van der Waals surface area (Å²) in [6.45, 7) is 7.77. The van der Waals surface area contributed by atoms with Crippen LogP contribution in [0.3, 0.4) is 0 Å². The van der Waals surface area contributed by atoms with Crippen molar-refractivity contribution in [3.05, 3.63) is 29.8 Å². The third-order valence-corrected chi connectivity index (χ3v) is 2.44. The first-order chi connectivity index (χ1) is 7.07. The maximum absolute atomic E-state index is 5.72. The number of hydrogen-bond donors (Lipinski definition) is 1. The van der Waals surface area contributed by atoms with Crippen LogP contribution in [0.15, 0.2) is 24.3 Å². The summed E-state index contributed by atoms with van der Waals surface area (Å²) >= 11 is 0. The highest BCUT2D eigenvalue weighted by Crippen LogP contribution is 2.22. The molecule has 0 heterocycles. The molecule has 1 rings (SSSR count). The normalized spacial score (nSPS) is 11.5. The van der Waals surface area contributed by atoms with Gasteiger partial charge in [0.25, 0.3) is 0 Å². The van der Waals surface area contributed by atoms with Crippen LogP contribution in [0.25, 0.3) is 0 Å². The van der Waals surface area contributed by atoms with E-state index in [9.17, 15) is 0 Å². The zero-order valence-corrected chi connectivity index (χ0v) is 9.92. The van der Waals surface area contributed by atoms with Crippen molar-refractivity contribution in [2.24, 2.45) is 11.1 Å². The fourth-order valence-corrected chi connectivity index (χ4v) is 1.54. The van der Waals surface area contributed by atoms with Gasteiger partial charge in [0.2, 0.25) is 0 Å². The van der Waals surface area contributed by atoms with E-state index >= 15 is 0 Å². The summed E-state index contributed by atoms with van der Waals surface area (Å²) in [4.78, 5) is 0. The number of rotatable bonds is 5. The largest absolute Gasteiger partial charge is 0.494 e.